The molecule has 2 aliphatic rings. The zero-order valence-electron chi connectivity index (χ0n) is 9.95. The number of hydrogen-bond acceptors (Lipinski definition) is 4. The van der Waals surface area contributed by atoms with E-state index in [9.17, 15) is 4.79 Å². The topological polar surface area (TPSA) is 41.9 Å². The van der Waals surface area contributed by atoms with Gasteiger partial charge in [-0.1, -0.05) is 0 Å². The number of isocyanates is 1. The fraction of sp³-hybridized carbons (Fsp3) is 0.917. The van der Waals surface area contributed by atoms with Crippen molar-refractivity contribution in [3.05, 3.63) is 0 Å². The molecule has 2 saturated heterocycles. The van der Waals surface area contributed by atoms with Crippen LogP contribution in [-0.2, 0) is 9.53 Å². The summed E-state index contributed by atoms with van der Waals surface area (Å²) in [4.78, 5) is 16.6. The molecule has 0 aromatic carbocycles. The number of nitrogens with zero attached hydrogens (tertiary/aromatic N) is 2. The summed E-state index contributed by atoms with van der Waals surface area (Å²) < 4.78 is 5.42. The van der Waals surface area contributed by atoms with Crippen LogP contribution in [0, 0.1) is 0 Å². The summed E-state index contributed by atoms with van der Waals surface area (Å²) in [7, 11) is 0. The molecule has 4 nitrogen and oxygen atoms in total. The van der Waals surface area contributed by atoms with Crippen molar-refractivity contribution >= 4 is 6.08 Å². The molecule has 4 heteroatoms. The van der Waals surface area contributed by atoms with E-state index in [1.807, 2.05) is 0 Å². The Balaban J connectivity index is 1.90. The molecular formula is C12H20N2O2. The second-order valence-electron chi connectivity index (χ2n) is 5.05. The molecule has 0 amide bonds. The second kappa shape index (κ2) is 5.09. The smallest absolute Gasteiger partial charge is 0.235 e. The van der Waals surface area contributed by atoms with Crippen LogP contribution in [0.25, 0.3) is 0 Å². The monoisotopic (exact) mass is 224 g/mol. The molecular weight excluding hydrogens is 204 g/mol. The van der Waals surface area contributed by atoms with Gasteiger partial charge in [0.1, 0.15) is 0 Å². The minimum Gasteiger partial charge on any atom is -0.381 e. The standard InChI is InChI=1S/C12H20N2O2/c1-12(4-8-16-9-5-12)14-6-2-11(3-7-14)13-10-15/h11H,2-9H2,1H3. The fourth-order valence-electron chi connectivity index (χ4n) is 2.74. The van der Waals surface area contributed by atoms with Crippen LogP contribution in [0.3, 0.4) is 0 Å². The van der Waals surface area contributed by atoms with E-state index in [0.29, 0.717) is 5.54 Å². The predicted octanol–water partition coefficient (Wildman–Crippen LogP) is 1.36. The minimum absolute atomic E-state index is 0.206. The lowest BCUT2D eigenvalue weighted by atomic mass is 9.88. The molecule has 0 radical (unpaired) electrons. The molecule has 0 aromatic rings. The van der Waals surface area contributed by atoms with Crippen LogP contribution in [0.2, 0.25) is 0 Å². The molecule has 90 valence electrons. The maximum absolute atomic E-state index is 10.2. The lowest BCUT2D eigenvalue weighted by Gasteiger charge is -2.46. The number of carbonyl (C=O) groups excluding carboxylic acids is 1. The highest BCUT2D eigenvalue weighted by atomic mass is 16.5. The Labute approximate surface area is 96.7 Å². The Morgan fingerprint density at radius 3 is 2.50 bits per heavy atom. The van der Waals surface area contributed by atoms with Gasteiger partial charge in [0.25, 0.3) is 0 Å². The number of piperidine rings is 1. The third-order valence-corrected chi connectivity index (χ3v) is 4.03. The highest BCUT2D eigenvalue weighted by Crippen LogP contribution is 2.30. The molecule has 0 N–H and O–H groups in total. The van der Waals surface area contributed by atoms with Crippen molar-refractivity contribution in [1.82, 2.24) is 4.90 Å². The first-order chi connectivity index (χ1) is 7.74. The van der Waals surface area contributed by atoms with Gasteiger partial charge >= 0.3 is 0 Å². The van der Waals surface area contributed by atoms with E-state index in [-0.39, 0.29) is 6.04 Å². The van der Waals surface area contributed by atoms with Crippen LogP contribution < -0.4 is 0 Å². The van der Waals surface area contributed by atoms with Crippen LogP contribution in [0.15, 0.2) is 4.99 Å². The molecule has 16 heavy (non-hydrogen) atoms. The number of aliphatic imine (C=N–C) groups is 1. The summed E-state index contributed by atoms with van der Waals surface area (Å²) in [6.07, 6.45) is 5.90. The zero-order chi connectivity index (χ0) is 11.4. The quantitative estimate of drug-likeness (QED) is 0.525. The van der Waals surface area contributed by atoms with Gasteiger partial charge in [-0.25, -0.2) is 9.79 Å². The number of ether oxygens (including phenoxy) is 1. The molecule has 2 fully saturated rings. The van der Waals surface area contributed by atoms with Crippen LogP contribution in [0.1, 0.15) is 32.6 Å². The average molecular weight is 224 g/mol. The lowest BCUT2D eigenvalue weighted by Crippen LogP contribution is -2.53. The Morgan fingerprint density at radius 1 is 1.31 bits per heavy atom. The first-order valence-electron chi connectivity index (χ1n) is 6.14. The Bertz CT molecular complexity index is 273. The molecule has 0 aromatic heterocycles. The van der Waals surface area contributed by atoms with Gasteiger partial charge in [0.15, 0.2) is 0 Å². The van der Waals surface area contributed by atoms with Crippen LogP contribution in [0.5, 0.6) is 0 Å². The Kier molecular flexibility index (Phi) is 3.74. The normalized spacial score (nSPS) is 27.3. The van der Waals surface area contributed by atoms with Crippen molar-refractivity contribution in [2.75, 3.05) is 26.3 Å². The summed E-state index contributed by atoms with van der Waals surface area (Å²) in [6.45, 7) is 6.18. The van der Waals surface area contributed by atoms with E-state index in [1.165, 1.54) is 0 Å². The first-order valence-corrected chi connectivity index (χ1v) is 6.14. The highest BCUT2D eigenvalue weighted by molar-refractivity contribution is 5.33. The van der Waals surface area contributed by atoms with Gasteiger partial charge in [-0.2, -0.15) is 0 Å². The van der Waals surface area contributed by atoms with E-state index in [1.54, 1.807) is 6.08 Å². The number of hydrogen-bond donors (Lipinski definition) is 0. The third-order valence-electron chi connectivity index (χ3n) is 4.03. The van der Waals surface area contributed by atoms with Crippen molar-refractivity contribution in [1.29, 1.82) is 0 Å². The predicted molar refractivity (Wildman–Crippen MR) is 61.2 cm³/mol. The summed E-state index contributed by atoms with van der Waals surface area (Å²) in [5, 5.41) is 0. The largest absolute Gasteiger partial charge is 0.381 e. The van der Waals surface area contributed by atoms with E-state index in [4.69, 9.17) is 4.74 Å². The maximum Gasteiger partial charge on any atom is 0.235 e. The second-order valence-corrected chi connectivity index (χ2v) is 5.05. The third kappa shape index (κ3) is 2.51. The zero-order valence-corrected chi connectivity index (χ0v) is 9.95. The van der Waals surface area contributed by atoms with Gasteiger partial charge in [-0.3, -0.25) is 4.90 Å². The van der Waals surface area contributed by atoms with E-state index in [2.05, 4.69) is 16.8 Å². The molecule has 2 aliphatic heterocycles. The Hall–Kier alpha value is -0.700. The van der Waals surface area contributed by atoms with Gasteiger partial charge in [-0.05, 0) is 32.6 Å². The van der Waals surface area contributed by atoms with Crippen molar-refractivity contribution in [2.45, 2.75) is 44.2 Å². The van der Waals surface area contributed by atoms with Crippen LogP contribution in [-0.4, -0.2) is 48.9 Å². The summed E-state index contributed by atoms with van der Waals surface area (Å²) in [5.74, 6) is 0. The fourth-order valence-corrected chi connectivity index (χ4v) is 2.74. The number of rotatable bonds is 2. The maximum atomic E-state index is 10.2. The minimum atomic E-state index is 0.206. The molecule has 0 atom stereocenters. The van der Waals surface area contributed by atoms with Gasteiger partial charge < -0.3 is 4.74 Å². The first kappa shape index (κ1) is 11.8. The molecule has 0 unspecified atom stereocenters. The molecule has 0 bridgehead atoms. The van der Waals surface area contributed by atoms with Crippen molar-refractivity contribution in [2.24, 2.45) is 4.99 Å². The lowest BCUT2D eigenvalue weighted by molar-refractivity contribution is -0.0279. The SMILES string of the molecule is CC1(N2CCC(N=C=O)CC2)CCOCC1. The van der Waals surface area contributed by atoms with Crippen LogP contribution >= 0.6 is 0 Å². The van der Waals surface area contributed by atoms with Crippen molar-refractivity contribution in [3.63, 3.8) is 0 Å². The molecule has 0 spiro atoms. The molecule has 0 aliphatic carbocycles. The molecule has 2 rings (SSSR count). The summed E-state index contributed by atoms with van der Waals surface area (Å²) in [5.41, 5.74) is 0.300. The van der Waals surface area contributed by atoms with Gasteiger partial charge in [0, 0.05) is 31.8 Å². The average Bonchev–Trinajstić information content (AvgIpc) is 2.31. The van der Waals surface area contributed by atoms with E-state index in [0.717, 1.165) is 52.0 Å². The number of likely N-dealkylation sites (tertiary alicyclic amines) is 1. The highest BCUT2D eigenvalue weighted by Gasteiger charge is 2.35. The van der Waals surface area contributed by atoms with Gasteiger partial charge in [0.05, 0.1) is 6.04 Å². The Morgan fingerprint density at radius 2 is 1.94 bits per heavy atom. The summed E-state index contributed by atoms with van der Waals surface area (Å²) >= 11 is 0. The summed E-state index contributed by atoms with van der Waals surface area (Å²) in [6, 6.07) is 0.206. The van der Waals surface area contributed by atoms with Crippen LogP contribution in [0.4, 0.5) is 0 Å². The van der Waals surface area contributed by atoms with E-state index >= 15 is 0 Å². The van der Waals surface area contributed by atoms with Gasteiger partial charge in [0.2, 0.25) is 6.08 Å². The van der Waals surface area contributed by atoms with Gasteiger partial charge in [-0.15, -0.1) is 0 Å². The van der Waals surface area contributed by atoms with E-state index < -0.39 is 0 Å². The van der Waals surface area contributed by atoms with Crippen molar-refractivity contribution in [3.8, 4) is 0 Å². The molecule has 2 heterocycles. The molecule has 0 saturated carbocycles. The van der Waals surface area contributed by atoms with Crippen molar-refractivity contribution < 1.29 is 9.53 Å².